The summed E-state index contributed by atoms with van der Waals surface area (Å²) in [4.78, 5) is 2.24. The van der Waals surface area contributed by atoms with E-state index in [2.05, 4.69) is 47.6 Å². The molecule has 0 bridgehead atoms. The maximum absolute atomic E-state index is 9.33. The van der Waals surface area contributed by atoms with E-state index in [9.17, 15) is 5.26 Å². The molecule has 0 aromatic heterocycles. The molecule has 3 nitrogen and oxygen atoms in total. The Balaban J connectivity index is 2.02. The van der Waals surface area contributed by atoms with Crippen LogP contribution in [0.2, 0.25) is 0 Å². The van der Waals surface area contributed by atoms with Gasteiger partial charge in [-0.1, -0.05) is 36.4 Å². The molecule has 3 heteroatoms. The van der Waals surface area contributed by atoms with Gasteiger partial charge in [0.15, 0.2) is 0 Å². The van der Waals surface area contributed by atoms with Gasteiger partial charge in [0.25, 0.3) is 0 Å². The van der Waals surface area contributed by atoms with Crippen LogP contribution in [0.1, 0.15) is 29.2 Å². The number of nitrogens with one attached hydrogen (secondary N) is 1. The largest absolute Gasteiger partial charge is 0.366 e. The number of benzene rings is 2. The van der Waals surface area contributed by atoms with Crippen molar-refractivity contribution >= 4 is 5.69 Å². The van der Waals surface area contributed by atoms with Crippen LogP contribution in [0, 0.1) is 11.3 Å². The monoisotopic (exact) mass is 277 g/mol. The lowest BCUT2D eigenvalue weighted by molar-refractivity contribution is 0.589. The Morgan fingerprint density at radius 1 is 1.14 bits per heavy atom. The molecule has 1 heterocycles. The topological polar surface area (TPSA) is 39.1 Å². The van der Waals surface area contributed by atoms with Crippen molar-refractivity contribution in [3.05, 3.63) is 65.2 Å². The van der Waals surface area contributed by atoms with Crippen LogP contribution in [0.25, 0.3) is 0 Å². The van der Waals surface area contributed by atoms with Crippen molar-refractivity contribution in [3.8, 4) is 6.07 Å². The second-order valence-corrected chi connectivity index (χ2v) is 5.42. The zero-order valence-corrected chi connectivity index (χ0v) is 12.2. The van der Waals surface area contributed by atoms with E-state index < -0.39 is 0 Å². The maximum atomic E-state index is 9.33. The zero-order valence-electron chi connectivity index (χ0n) is 12.2. The van der Waals surface area contributed by atoms with Gasteiger partial charge in [0.1, 0.15) is 6.07 Å². The van der Waals surface area contributed by atoms with Gasteiger partial charge in [0, 0.05) is 13.6 Å². The molecule has 0 fully saturated rings. The lowest BCUT2D eigenvalue weighted by Gasteiger charge is -2.31. The minimum atomic E-state index is 0.297. The highest BCUT2D eigenvalue weighted by Crippen LogP contribution is 2.33. The normalized spacial score (nSPS) is 17.4. The number of hydrogen-bond donors (Lipinski definition) is 1. The van der Waals surface area contributed by atoms with Crippen molar-refractivity contribution in [2.45, 2.75) is 19.0 Å². The van der Waals surface area contributed by atoms with Gasteiger partial charge in [-0.2, -0.15) is 5.26 Å². The summed E-state index contributed by atoms with van der Waals surface area (Å²) >= 11 is 0. The SMILES string of the molecule is CN(c1ccccc1C#N)C1CCNCc2ccccc21. The second kappa shape index (κ2) is 5.99. The van der Waals surface area contributed by atoms with Crippen molar-refractivity contribution in [1.82, 2.24) is 5.32 Å². The van der Waals surface area contributed by atoms with Gasteiger partial charge in [0.2, 0.25) is 0 Å². The summed E-state index contributed by atoms with van der Waals surface area (Å²) in [6.45, 7) is 1.90. The van der Waals surface area contributed by atoms with Crippen LogP contribution in [0.4, 0.5) is 5.69 Å². The van der Waals surface area contributed by atoms with Crippen LogP contribution in [0.15, 0.2) is 48.5 Å². The van der Waals surface area contributed by atoms with Crippen LogP contribution >= 0.6 is 0 Å². The van der Waals surface area contributed by atoms with E-state index >= 15 is 0 Å². The van der Waals surface area contributed by atoms with Crippen LogP contribution in [0.3, 0.4) is 0 Å². The van der Waals surface area contributed by atoms with Gasteiger partial charge < -0.3 is 10.2 Å². The minimum Gasteiger partial charge on any atom is -0.366 e. The smallest absolute Gasteiger partial charge is 0.101 e. The number of fused-ring (bicyclic) bond motifs is 1. The fraction of sp³-hybridized carbons (Fsp3) is 0.278. The first kappa shape index (κ1) is 13.7. The summed E-state index contributed by atoms with van der Waals surface area (Å²) in [7, 11) is 2.09. The van der Waals surface area contributed by atoms with Crippen molar-refractivity contribution < 1.29 is 0 Å². The molecule has 1 unspecified atom stereocenters. The Kier molecular flexibility index (Phi) is 3.89. The Bertz CT molecular complexity index is 672. The van der Waals surface area contributed by atoms with E-state index in [1.807, 2.05) is 24.3 Å². The van der Waals surface area contributed by atoms with Gasteiger partial charge in [-0.3, -0.25) is 0 Å². The van der Waals surface area contributed by atoms with Gasteiger partial charge >= 0.3 is 0 Å². The van der Waals surface area contributed by atoms with E-state index in [-0.39, 0.29) is 0 Å². The molecule has 1 aliphatic heterocycles. The zero-order chi connectivity index (χ0) is 14.7. The first-order chi connectivity index (χ1) is 10.3. The number of hydrogen-bond acceptors (Lipinski definition) is 3. The Hall–Kier alpha value is -2.31. The molecule has 0 radical (unpaired) electrons. The minimum absolute atomic E-state index is 0.297. The standard InChI is InChI=1S/C18H19N3/c1-21(17-9-5-3-6-14(17)12-19)18-10-11-20-13-15-7-2-4-8-16(15)18/h2-9,18,20H,10-11,13H2,1H3. The molecule has 2 aromatic rings. The first-order valence-corrected chi connectivity index (χ1v) is 7.31. The summed E-state index contributed by atoms with van der Waals surface area (Å²) in [5.74, 6) is 0. The average molecular weight is 277 g/mol. The van der Waals surface area contributed by atoms with Gasteiger partial charge in [-0.25, -0.2) is 0 Å². The summed E-state index contributed by atoms with van der Waals surface area (Å²) in [5, 5.41) is 12.8. The highest BCUT2D eigenvalue weighted by molar-refractivity contribution is 5.60. The first-order valence-electron chi connectivity index (χ1n) is 7.31. The van der Waals surface area contributed by atoms with E-state index in [1.165, 1.54) is 11.1 Å². The van der Waals surface area contributed by atoms with Crippen molar-refractivity contribution in [1.29, 1.82) is 5.26 Å². The Morgan fingerprint density at radius 2 is 1.90 bits per heavy atom. The summed E-state index contributed by atoms with van der Waals surface area (Å²) in [6.07, 6.45) is 1.03. The molecular weight excluding hydrogens is 258 g/mol. The molecule has 1 aliphatic rings. The molecule has 2 aromatic carbocycles. The van der Waals surface area contributed by atoms with Crippen molar-refractivity contribution in [2.24, 2.45) is 0 Å². The third kappa shape index (κ3) is 2.63. The second-order valence-electron chi connectivity index (χ2n) is 5.42. The molecule has 106 valence electrons. The number of nitrogens with zero attached hydrogens (tertiary/aromatic N) is 2. The average Bonchev–Trinajstić information content (AvgIpc) is 2.76. The number of para-hydroxylation sites is 1. The van der Waals surface area contributed by atoms with E-state index in [4.69, 9.17) is 0 Å². The van der Waals surface area contributed by atoms with Crippen molar-refractivity contribution in [2.75, 3.05) is 18.5 Å². The lowest BCUT2D eigenvalue weighted by atomic mass is 9.97. The molecule has 1 atom stereocenters. The van der Waals surface area contributed by atoms with Crippen LogP contribution in [-0.4, -0.2) is 13.6 Å². The Labute approximate surface area is 125 Å². The number of anilines is 1. The molecule has 0 spiro atoms. The molecule has 21 heavy (non-hydrogen) atoms. The van der Waals surface area contributed by atoms with Crippen molar-refractivity contribution in [3.63, 3.8) is 0 Å². The predicted molar refractivity (Wildman–Crippen MR) is 85.1 cm³/mol. The van der Waals surface area contributed by atoms with E-state index in [0.717, 1.165) is 30.8 Å². The lowest BCUT2D eigenvalue weighted by Crippen LogP contribution is -2.26. The van der Waals surface area contributed by atoms with Crippen LogP contribution in [0.5, 0.6) is 0 Å². The van der Waals surface area contributed by atoms with Crippen LogP contribution < -0.4 is 10.2 Å². The fourth-order valence-corrected chi connectivity index (χ4v) is 3.08. The number of nitriles is 1. The van der Waals surface area contributed by atoms with Gasteiger partial charge in [-0.05, 0) is 36.2 Å². The third-order valence-electron chi connectivity index (χ3n) is 4.20. The number of rotatable bonds is 2. The van der Waals surface area contributed by atoms with Gasteiger partial charge in [-0.15, -0.1) is 0 Å². The molecule has 0 amide bonds. The van der Waals surface area contributed by atoms with Crippen LogP contribution in [-0.2, 0) is 6.54 Å². The summed E-state index contributed by atoms with van der Waals surface area (Å²) < 4.78 is 0. The predicted octanol–water partition coefficient (Wildman–Crippen LogP) is 3.23. The fourth-order valence-electron chi connectivity index (χ4n) is 3.08. The molecular formula is C18H19N3. The molecule has 0 saturated carbocycles. The molecule has 0 saturated heterocycles. The highest BCUT2D eigenvalue weighted by Gasteiger charge is 2.23. The molecule has 0 aliphatic carbocycles. The third-order valence-corrected chi connectivity index (χ3v) is 4.20. The van der Waals surface area contributed by atoms with E-state index in [0.29, 0.717) is 6.04 Å². The molecule has 3 rings (SSSR count). The summed E-state index contributed by atoms with van der Waals surface area (Å²) in [5.41, 5.74) is 4.44. The molecule has 1 N–H and O–H groups in total. The summed E-state index contributed by atoms with van der Waals surface area (Å²) in [6, 6.07) is 19.0. The van der Waals surface area contributed by atoms with E-state index in [1.54, 1.807) is 0 Å². The maximum Gasteiger partial charge on any atom is 0.101 e. The Morgan fingerprint density at radius 3 is 2.76 bits per heavy atom. The quantitative estimate of drug-likeness (QED) is 0.916. The van der Waals surface area contributed by atoms with Gasteiger partial charge in [0.05, 0.1) is 17.3 Å². The highest BCUT2D eigenvalue weighted by atomic mass is 15.1.